The van der Waals surface area contributed by atoms with E-state index in [1.807, 2.05) is 69.6 Å². The van der Waals surface area contributed by atoms with Crippen LogP contribution in [0.25, 0.3) is 10.2 Å². The van der Waals surface area contributed by atoms with E-state index in [1.54, 1.807) is 16.2 Å². The van der Waals surface area contributed by atoms with Gasteiger partial charge in [0.15, 0.2) is 0 Å². The summed E-state index contributed by atoms with van der Waals surface area (Å²) in [5, 5.41) is 1.04. The van der Waals surface area contributed by atoms with Crippen molar-refractivity contribution in [1.29, 1.82) is 0 Å². The van der Waals surface area contributed by atoms with Crippen molar-refractivity contribution in [1.82, 2.24) is 14.8 Å². The van der Waals surface area contributed by atoms with Gasteiger partial charge in [0.05, 0.1) is 22.8 Å². The van der Waals surface area contributed by atoms with Crippen molar-refractivity contribution in [3.63, 3.8) is 0 Å². The Labute approximate surface area is 152 Å². The molecule has 4 nitrogen and oxygen atoms in total. The third-order valence-electron chi connectivity index (χ3n) is 4.38. The molecule has 0 N–H and O–H groups in total. The van der Waals surface area contributed by atoms with E-state index in [9.17, 15) is 4.79 Å². The summed E-state index contributed by atoms with van der Waals surface area (Å²) in [6.07, 6.45) is 0. The standard InChI is InChI=1S/C20H23N3OS/c1-15(20(24)23(3)13-16-9-5-4-6-10-16)22(2)14-19-21-17-11-7-8-12-18(17)25-19/h4-12,15H,13-14H2,1-3H3. The number of fused-ring (bicyclic) bond motifs is 1. The van der Waals surface area contributed by atoms with E-state index in [4.69, 9.17) is 0 Å². The minimum Gasteiger partial charge on any atom is -0.340 e. The van der Waals surface area contributed by atoms with Gasteiger partial charge < -0.3 is 4.90 Å². The average Bonchev–Trinajstić information content (AvgIpc) is 3.03. The number of hydrogen-bond donors (Lipinski definition) is 0. The molecule has 0 aliphatic carbocycles. The van der Waals surface area contributed by atoms with E-state index in [-0.39, 0.29) is 11.9 Å². The van der Waals surface area contributed by atoms with E-state index in [2.05, 4.69) is 16.0 Å². The highest BCUT2D eigenvalue weighted by molar-refractivity contribution is 7.18. The minimum atomic E-state index is -0.194. The van der Waals surface area contributed by atoms with Gasteiger partial charge in [-0.1, -0.05) is 42.5 Å². The number of aromatic nitrogens is 1. The fraction of sp³-hybridized carbons (Fsp3) is 0.300. The fourth-order valence-electron chi connectivity index (χ4n) is 2.78. The highest BCUT2D eigenvalue weighted by Gasteiger charge is 2.22. The summed E-state index contributed by atoms with van der Waals surface area (Å²) in [5.74, 6) is 0.118. The van der Waals surface area contributed by atoms with Gasteiger partial charge in [0.2, 0.25) is 5.91 Å². The molecule has 0 spiro atoms. The maximum absolute atomic E-state index is 12.7. The minimum absolute atomic E-state index is 0.118. The molecule has 3 aromatic rings. The van der Waals surface area contributed by atoms with E-state index < -0.39 is 0 Å². The lowest BCUT2D eigenvalue weighted by Gasteiger charge is -2.27. The van der Waals surface area contributed by atoms with Crippen LogP contribution >= 0.6 is 11.3 Å². The molecule has 0 radical (unpaired) electrons. The third-order valence-corrected chi connectivity index (χ3v) is 5.40. The van der Waals surface area contributed by atoms with Crippen molar-refractivity contribution in [2.75, 3.05) is 14.1 Å². The summed E-state index contributed by atoms with van der Waals surface area (Å²) in [5.41, 5.74) is 2.16. The first-order valence-electron chi connectivity index (χ1n) is 8.38. The Bertz CT molecular complexity index is 813. The predicted molar refractivity (Wildman–Crippen MR) is 103 cm³/mol. The SMILES string of the molecule is CC(C(=O)N(C)Cc1ccccc1)N(C)Cc1nc2ccccc2s1. The Morgan fingerprint density at radius 1 is 1.04 bits per heavy atom. The van der Waals surface area contributed by atoms with Gasteiger partial charge >= 0.3 is 0 Å². The second kappa shape index (κ2) is 7.76. The molecule has 1 unspecified atom stereocenters. The van der Waals surface area contributed by atoms with E-state index >= 15 is 0 Å². The normalized spacial score (nSPS) is 12.5. The van der Waals surface area contributed by atoms with Crippen LogP contribution in [0.1, 0.15) is 17.5 Å². The monoisotopic (exact) mass is 353 g/mol. The summed E-state index contributed by atoms with van der Waals surface area (Å²) >= 11 is 1.69. The van der Waals surface area contributed by atoms with Crippen LogP contribution in [0.15, 0.2) is 54.6 Å². The Hall–Kier alpha value is -2.24. The molecule has 2 aromatic carbocycles. The Morgan fingerprint density at radius 3 is 2.44 bits per heavy atom. The van der Waals surface area contributed by atoms with Gasteiger partial charge in [-0.15, -0.1) is 11.3 Å². The van der Waals surface area contributed by atoms with Crippen LogP contribution in [0.5, 0.6) is 0 Å². The topological polar surface area (TPSA) is 36.4 Å². The molecule has 0 bridgehead atoms. The van der Waals surface area contributed by atoms with Gasteiger partial charge in [0.25, 0.3) is 0 Å². The van der Waals surface area contributed by atoms with E-state index in [0.717, 1.165) is 16.1 Å². The average molecular weight is 353 g/mol. The number of para-hydroxylation sites is 1. The van der Waals surface area contributed by atoms with Crippen molar-refractivity contribution in [3.8, 4) is 0 Å². The third kappa shape index (κ3) is 4.24. The molecule has 1 amide bonds. The lowest BCUT2D eigenvalue weighted by atomic mass is 10.2. The van der Waals surface area contributed by atoms with Crippen LogP contribution < -0.4 is 0 Å². The van der Waals surface area contributed by atoms with Crippen LogP contribution in [-0.4, -0.2) is 40.8 Å². The summed E-state index contributed by atoms with van der Waals surface area (Å²) < 4.78 is 1.19. The van der Waals surface area contributed by atoms with Crippen molar-refractivity contribution in [2.24, 2.45) is 0 Å². The second-order valence-electron chi connectivity index (χ2n) is 6.35. The second-order valence-corrected chi connectivity index (χ2v) is 7.46. The first-order chi connectivity index (χ1) is 12.0. The number of amides is 1. The number of benzene rings is 2. The molecule has 0 aliphatic rings. The largest absolute Gasteiger partial charge is 0.340 e. The molecule has 1 heterocycles. The Morgan fingerprint density at radius 2 is 1.72 bits per heavy atom. The first-order valence-corrected chi connectivity index (χ1v) is 9.20. The maximum atomic E-state index is 12.7. The van der Waals surface area contributed by atoms with Gasteiger partial charge in [0.1, 0.15) is 5.01 Å². The number of carbonyl (C=O) groups is 1. The molecule has 25 heavy (non-hydrogen) atoms. The predicted octanol–water partition coefficient (Wildman–Crippen LogP) is 3.78. The maximum Gasteiger partial charge on any atom is 0.239 e. The molecular formula is C20H23N3OS. The molecule has 3 rings (SSSR count). The van der Waals surface area contributed by atoms with Crippen LogP contribution in [0, 0.1) is 0 Å². The van der Waals surface area contributed by atoms with Crippen molar-refractivity contribution in [3.05, 3.63) is 65.2 Å². The zero-order valence-corrected chi connectivity index (χ0v) is 15.7. The van der Waals surface area contributed by atoms with Gasteiger partial charge in [-0.25, -0.2) is 4.98 Å². The summed E-state index contributed by atoms with van der Waals surface area (Å²) in [6, 6.07) is 18.0. The summed E-state index contributed by atoms with van der Waals surface area (Å²) in [6.45, 7) is 3.25. The molecule has 0 fully saturated rings. The van der Waals surface area contributed by atoms with Gasteiger partial charge in [0, 0.05) is 13.6 Å². The molecule has 0 saturated heterocycles. The highest BCUT2D eigenvalue weighted by atomic mass is 32.1. The number of thiazole rings is 1. The van der Waals surface area contributed by atoms with Gasteiger partial charge in [-0.2, -0.15) is 0 Å². The van der Waals surface area contributed by atoms with E-state index in [1.165, 1.54) is 4.70 Å². The Balaban J connectivity index is 1.62. The van der Waals surface area contributed by atoms with Crippen molar-refractivity contribution >= 4 is 27.5 Å². The lowest BCUT2D eigenvalue weighted by molar-refractivity contribution is -0.135. The molecular weight excluding hydrogens is 330 g/mol. The summed E-state index contributed by atoms with van der Waals surface area (Å²) in [4.78, 5) is 21.2. The molecule has 1 aromatic heterocycles. The number of likely N-dealkylation sites (N-methyl/N-ethyl adjacent to an activating group) is 2. The zero-order valence-electron chi connectivity index (χ0n) is 14.8. The highest BCUT2D eigenvalue weighted by Crippen LogP contribution is 2.23. The first kappa shape index (κ1) is 17.6. The quantitative estimate of drug-likeness (QED) is 0.677. The fourth-order valence-corrected chi connectivity index (χ4v) is 3.81. The Kier molecular flexibility index (Phi) is 5.46. The number of hydrogen-bond acceptors (Lipinski definition) is 4. The summed E-state index contributed by atoms with van der Waals surface area (Å²) in [7, 11) is 3.84. The molecule has 1 atom stereocenters. The van der Waals surface area contributed by atoms with Crippen LogP contribution in [-0.2, 0) is 17.9 Å². The van der Waals surface area contributed by atoms with Crippen molar-refractivity contribution in [2.45, 2.75) is 26.1 Å². The number of nitrogens with zero attached hydrogens (tertiary/aromatic N) is 3. The lowest BCUT2D eigenvalue weighted by Crippen LogP contribution is -2.43. The van der Waals surface area contributed by atoms with Crippen LogP contribution in [0.3, 0.4) is 0 Å². The van der Waals surface area contributed by atoms with Gasteiger partial charge in [-0.05, 0) is 31.7 Å². The van der Waals surface area contributed by atoms with Gasteiger partial charge in [-0.3, -0.25) is 9.69 Å². The van der Waals surface area contributed by atoms with Crippen LogP contribution in [0.4, 0.5) is 0 Å². The number of carbonyl (C=O) groups excluding carboxylic acids is 1. The smallest absolute Gasteiger partial charge is 0.239 e. The van der Waals surface area contributed by atoms with Crippen LogP contribution in [0.2, 0.25) is 0 Å². The number of rotatable bonds is 6. The molecule has 5 heteroatoms. The molecule has 0 aliphatic heterocycles. The molecule has 130 valence electrons. The van der Waals surface area contributed by atoms with E-state index in [0.29, 0.717) is 13.1 Å². The molecule has 0 saturated carbocycles. The van der Waals surface area contributed by atoms with Crippen molar-refractivity contribution < 1.29 is 4.79 Å². The zero-order chi connectivity index (χ0) is 17.8.